The average Bonchev–Trinajstić information content (AvgIpc) is 3.31. The summed E-state index contributed by atoms with van der Waals surface area (Å²) >= 11 is 6.38. The molecule has 1 amide bonds. The van der Waals surface area contributed by atoms with Gasteiger partial charge in [-0.15, -0.1) is 0 Å². The van der Waals surface area contributed by atoms with Gasteiger partial charge in [0.25, 0.3) is 5.91 Å². The number of amides is 1. The number of ether oxygens (including phenoxy) is 1. The summed E-state index contributed by atoms with van der Waals surface area (Å²) in [5.74, 6) is -0.821. The van der Waals surface area contributed by atoms with E-state index in [1.807, 2.05) is 0 Å². The first-order valence-corrected chi connectivity index (χ1v) is 9.47. The van der Waals surface area contributed by atoms with E-state index in [0.717, 1.165) is 0 Å². The van der Waals surface area contributed by atoms with Gasteiger partial charge >= 0.3 is 6.18 Å². The molecule has 1 aromatic carbocycles. The van der Waals surface area contributed by atoms with Crippen molar-refractivity contribution in [1.29, 1.82) is 5.41 Å². The van der Waals surface area contributed by atoms with Crippen molar-refractivity contribution < 1.29 is 22.7 Å². The van der Waals surface area contributed by atoms with Crippen LogP contribution < -0.4 is 4.74 Å². The summed E-state index contributed by atoms with van der Waals surface area (Å²) in [6, 6.07) is 8.46. The molecule has 3 heterocycles. The Kier molecular flexibility index (Phi) is 4.94. The largest absolute Gasteiger partial charge is 0.495 e. The molecule has 154 valence electrons. The maximum Gasteiger partial charge on any atom is 0.441 e. The molecule has 12 heteroatoms. The second-order valence-corrected chi connectivity index (χ2v) is 7.41. The zero-order valence-electron chi connectivity index (χ0n) is 15.1. The van der Waals surface area contributed by atoms with Crippen molar-refractivity contribution in [3.8, 4) is 11.4 Å². The Balaban J connectivity index is 1.71. The normalized spacial score (nSPS) is 17.9. The van der Waals surface area contributed by atoms with Crippen LogP contribution in [0.3, 0.4) is 0 Å². The van der Waals surface area contributed by atoms with E-state index in [1.54, 1.807) is 41.1 Å². The third kappa shape index (κ3) is 3.50. The van der Waals surface area contributed by atoms with Gasteiger partial charge in [-0.25, -0.2) is 0 Å². The number of benzene rings is 1. The summed E-state index contributed by atoms with van der Waals surface area (Å²) in [5.41, 5.74) is 0.965. The topological polar surface area (TPSA) is 83.0 Å². The number of fused-ring (bicyclic) bond motifs is 1. The summed E-state index contributed by atoms with van der Waals surface area (Å²) in [6.07, 6.45) is -1.61. The molecule has 30 heavy (non-hydrogen) atoms. The molecule has 2 aromatic rings. The zero-order chi connectivity index (χ0) is 21.6. The maximum atomic E-state index is 12.9. The predicted octanol–water partition coefficient (Wildman–Crippen LogP) is 4.32. The van der Waals surface area contributed by atoms with Crippen LogP contribution in [0, 0.1) is 5.41 Å². The lowest BCUT2D eigenvalue weighted by molar-refractivity contribution is -0.114. The Labute approximate surface area is 177 Å². The van der Waals surface area contributed by atoms with E-state index in [4.69, 9.17) is 21.7 Å². The number of hydrogen-bond acceptors (Lipinski definition) is 5. The van der Waals surface area contributed by atoms with Crippen LogP contribution in [0.5, 0.6) is 5.75 Å². The minimum atomic E-state index is -4.69. The number of nitrogens with one attached hydrogen (secondary N) is 1. The van der Waals surface area contributed by atoms with Crippen molar-refractivity contribution in [2.45, 2.75) is 6.18 Å². The van der Waals surface area contributed by atoms with Gasteiger partial charge in [0.05, 0.1) is 17.7 Å². The molecule has 0 spiro atoms. The SMILES string of the molecule is COc1ccc(-n2cccc2/C=C2/C(=N)N3N=C(C(F)(F)F)SC3=NC2=O)cc1Cl. The highest BCUT2D eigenvalue weighted by Gasteiger charge is 2.46. The van der Waals surface area contributed by atoms with Crippen molar-refractivity contribution >= 4 is 51.4 Å². The van der Waals surface area contributed by atoms with E-state index in [2.05, 4.69) is 10.1 Å². The summed E-state index contributed by atoms with van der Waals surface area (Å²) in [5, 5.41) is 11.2. The number of hydrogen-bond donors (Lipinski definition) is 1. The van der Waals surface area contributed by atoms with Crippen molar-refractivity contribution in [2.75, 3.05) is 7.11 Å². The Bertz CT molecular complexity index is 1170. The van der Waals surface area contributed by atoms with Gasteiger partial charge < -0.3 is 9.30 Å². The number of aromatic nitrogens is 1. The van der Waals surface area contributed by atoms with E-state index >= 15 is 0 Å². The first-order chi connectivity index (χ1) is 14.2. The number of nitrogens with zero attached hydrogens (tertiary/aromatic N) is 4. The van der Waals surface area contributed by atoms with E-state index < -0.39 is 23.0 Å². The third-order valence-corrected chi connectivity index (χ3v) is 5.43. The highest BCUT2D eigenvalue weighted by molar-refractivity contribution is 8.27. The van der Waals surface area contributed by atoms with Crippen LogP contribution in [0.15, 0.2) is 52.2 Å². The van der Waals surface area contributed by atoms with Crippen LogP contribution in [-0.4, -0.2) is 44.8 Å². The van der Waals surface area contributed by atoms with E-state index in [-0.39, 0.29) is 22.5 Å². The number of methoxy groups -OCH3 is 1. The Hall–Kier alpha value is -3.05. The quantitative estimate of drug-likeness (QED) is 0.701. The van der Waals surface area contributed by atoms with E-state index in [0.29, 0.717) is 27.2 Å². The number of alkyl halides is 3. The molecule has 0 unspecified atom stereocenters. The van der Waals surface area contributed by atoms with Crippen LogP contribution in [0.1, 0.15) is 5.69 Å². The van der Waals surface area contributed by atoms with Crippen molar-refractivity contribution in [1.82, 2.24) is 9.58 Å². The number of amidine groups is 2. The minimum Gasteiger partial charge on any atom is -0.495 e. The van der Waals surface area contributed by atoms with Gasteiger partial charge in [-0.1, -0.05) is 11.6 Å². The lowest BCUT2D eigenvalue weighted by Crippen LogP contribution is -2.35. The first-order valence-electron chi connectivity index (χ1n) is 8.27. The maximum absolute atomic E-state index is 12.9. The van der Waals surface area contributed by atoms with Crippen LogP contribution in [0.4, 0.5) is 13.2 Å². The fraction of sp³-hybridized carbons (Fsp3) is 0.111. The standard InChI is InChI=1S/C18H11ClF3N5O2S/c1-29-13-5-4-10(8-12(13)19)26-6-2-3-9(26)7-11-14(23)27-17(24-15(11)28)30-16(25-27)18(20,21)22/h2-8,23H,1H3/b11-7-,23-14?. The predicted molar refractivity (Wildman–Crippen MR) is 108 cm³/mol. The van der Waals surface area contributed by atoms with E-state index in [1.165, 1.54) is 13.2 Å². The minimum absolute atomic E-state index is 0.189. The molecule has 7 nitrogen and oxygen atoms in total. The molecular formula is C18H11ClF3N5O2S. The number of hydrazone groups is 1. The summed E-state index contributed by atoms with van der Waals surface area (Å²) in [4.78, 5) is 16.1. The number of rotatable bonds is 3. The molecule has 0 aliphatic carbocycles. The fourth-order valence-electron chi connectivity index (χ4n) is 2.81. The van der Waals surface area contributed by atoms with Crippen molar-refractivity contribution in [3.63, 3.8) is 0 Å². The highest BCUT2D eigenvalue weighted by Crippen LogP contribution is 2.35. The fourth-order valence-corrected chi connectivity index (χ4v) is 3.82. The highest BCUT2D eigenvalue weighted by atomic mass is 35.5. The van der Waals surface area contributed by atoms with Gasteiger partial charge in [0.1, 0.15) is 5.75 Å². The van der Waals surface area contributed by atoms with Crippen LogP contribution in [0.2, 0.25) is 5.02 Å². The number of halogens is 4. The molecule has 1 N–H and O–H groups in total. The number of thioether (sulfide) groups is 1. The molecule has 0 saturated heterocycles. The average molecular weight is 454 g/mol. The molecule has 2 aliphatic heterocycles. The van der Waals surface area contributed by atoms with Gasteiger partial charge in [0.15, 0.2) is 5.84 Å². The molecule has 0 atom stereocenters. The Morgan fingerprint density at radius 2 is 2.07 bits per heavy atom. The van der Waals surface area contributed by atoms with Gasteiger partial charge in [0.2, 0.25) is 10.2 Å². The van der Waals surface area contributed by atoms with Crippen molar-refractivity contribution in [3.05, 3.63) is 52.8 Å². The summed E-state index contributed by atoms with van der Waals surface area (Å²) in [6.45, 7) is 0. The molecule has 0 fully saturated rings. The van der Waals surface area contributed by atoms with Crippen molar-refractivity contribution in [2.24, 2.45) is 10.1 Å². The number of carbonyl (C=O) groups excluding carboxylic acids is 1. The summed E-state index contributed by atoms with van der Waals surface area (Å²) < 4.78 is 45.6. The van der Waals surface area contributed by atoms with Gasteiger partial charge in [-0.3, -0.25) is 10.2 Å². The lowest BCUT2D eigenvalue weighted by Gasteiger charge is -2.20. The third-order valence-electron chi connectivity index (χ3n) is 4.18. The van der Waals surface area contributed by atoms with Gasteiger partial charge in [-0.2, -0.15) is 28.3 Å². The molecular weight excluding hydrogens is 443 g/mol. The smallest absolute Gasteiger partial charge is 0.441 e. The molecule has 0 saturated carbocycles. The first kappa shape index (κ1) is 20.2. The van der Waals surface area contributed by atoms with Crippen LogP contribution >= 0.6 is 23.4 Å². The molecule has 0 bridgehead atoms. The molecule has 0 radical (unpaired) electrons. The van der Waals surface area contributed by atoms with Gasteiger partial charge in [0, 0.05) is 17.6 Å². The second-order valence-electron chi connectivity index (χ2n) is 6.04. The molecule has 4 rings (SSSR count). The Morgan fingerprint density at radius 3 is 2.73 bits per heavy atom. The van der Waals surface area contributed by atoms with Gasteiger partial charge in [-0.05, 0) is 48.2 Å². The lowest BCUT2D eigenvalue weighted by atomic mass is 10.1. The Morgan fingerprint density at radius 1 is 1.30 bits per heavy atom. The number of carbonyl (C=O) groups is 1. The van der Waals surface area contributed by atoms with Crippen LogP contribution in [0.25, 0.3) is 11.8 Å². The zero-order valence-corrected chi connectivity index (χ0v) is 16.6. The van der Waals surface area contributed by atoms with Crippen LogP contribution in [-0.2, 0) is 4.79 Å². The molecule has 2 aliphatic rings. The summed E-state index contributed by atoms with van der Waals surface area (Å²) in [7, 11) is 1.49. The monoisotopic (exact) mass is 453 g/mol. The van der Waals surface area contributed by atoms with E-state index in [9.17, 15) is 18.0 Å². The number of aliphatic imine (C=N–C) groups is 1. The molecule has 1 aromatic heterocycles. The second kappa shape index (κ2) is 7.33.